The van der Waals surface area contributed by atoms with E-state index >= 15 is 0 Å². The number of amides is 1. The fourth-order valence-corrected chi connectivity index (χ4v) is 2.75. The van der Waals surface area contributed by atoms with E-state index in [1.165, 1.54) is 6.07 Å². The van der Waals surface area contributed by atoms with E-state index in [0.717, 1.165) is 23.7 Å². The number of hydrogen-bond acceptors (Lipinski definition) is 5. The number of pyridine rings is 1. The molecule has 0 bridgehead atoms. The summed E-state index contributed by atoms with van der Waals surface area (Å²) in [6.07, 6.45) is 2.21. The Labute approximate surface area is 140 Å². The summed E-state index contributed by atoms with van der Waals surface area (Å²) < 4.78 is 31.4. The zero-order chi connectivity index (χ0) is 17.1. The van der Waals surface area contributed by atoms with Gasteiger partial charge in [-0.15, -0.1) is 0 Å². The Morgan fingerprint density at radius 3 is 2.67 bits per heavy atom. The van der Waals surface area contributed by atoms with Gasteiger partial charge in [0, 0.05) is 17.7 Å². The van der Waals surface area contributed by atoms with E-state index in [0.29, 0.717) is 17.7 Å². The van der Waals surface area contributed by atoms with Gasteiger partial charge >= 0.3 is 0 Å². The van der Waals surface area contributed by atoms with Crippen LogP contribution in [0.25, 0.3) is 11.4 Å². The lowest BCUT2D eigenvalue weighted by atomic mass is 10.1. The second-order valence-corrected chi connectivity index (χ2v) is 5.58. The van der Waals surface area contributed by atoms with Crippen molar-refractivity contribution in [2.24, 2.45) is 0 Å². The number of halogens is 2. The molecule has 122 valence electrons. The lowest BCUT2D eigenvalue weighted by Gasteiger charge is -2.05. The van der Waals surface area contributed by atoms with Crippen LogP contribution in [0.4, 0.5) is 13.9 Å². The standard InChI is InChI=1S/C16H12F2N4OS/c1-2-12-9(5-4-8-19-12)15(23)21-16-20-14(22-24-16)13-10(17)6-3-7-11(13)18/h3-8H,2H2,1H3,(H,20,21,22,23). The molecule has 0 spiro atoms. The second-order valence-electron chi connectivity index (χ2n) is 4.83. The van der Waals surface area contributed by atoms with Gasteiger partial charge in [0.05, 0.1) is 16.8 Å². The Morgan fingerprint density at radius 1 is 1.21 bits per heavy atom. The van der Waals surface area contributed by atoms with E-state index in [9.17, 15) is 13.6 Å². The highest BCUT2D eigenvalue weighted by Gasteiger charge is 2.18. The summed E-state index contributed by atoms with van der Waals surface area (Å²) in [5.74, 6) is -2.01. The van der Waals surface area contributed by atoms with Gasteiger partial charge in [-0.25, -0.2) is 8.78 Å². The molecule has 0 saturated heterocycles. The maximum atomic E-state index is 13.8. The monoisotopic (exact) mass is 346 g/mol. The summed E-state index contributed by atoms with van der Waals surface area (Å²) >= 11 is 0.851. The molecule has 0 radical (unpaired) electrons. The van der Waals surface area contributed by atoms with Crippen LogP contribution in [0.1, 0.15) is 23.0 Å². The molecule has 24 heavy (non-hydrogen) atoms. The number of carbonyl (C=O) groups is 1. The number of aromatic nitrogens is 3. The minimum absolute atomic E-state index is 0.104. The van der Waals surface area contributed by atoms with Gasteiger partial charge in [0.2, 0.25) is 5.13 Å². The average Bonchev–Trinajstić information content (AvgIpc) is 3.02. The van der Waals surface area contributed by atoms with Gasteiger partial charge in [-0.3, -0.25) is 15.1 Å². The molecule has 5 nitrogen and oxygen atoms in total. The summed E-state index contributed by atoms with van der Waals surface area (Å²) in [7, 11) is 0. The van der Waals surface area contributed by atoms with Crippen LogP contribution < -0.4 is 5.32 Å². The lowest BCUT2D eigenvalue weighted by Crippen LogP contribution is -2.14. The maximum Gasteiger partial charge on any atom is 0.259 e. The van der Waals surface area contributed by atoms with Gasteiger partial charge in [-0.2, -0.15) is 9.36 Å². The number of benzene rings is 1. The lowest BCUT2D eigenvalue weighted by molar-refractivity contribution is 0.102. The minimum Gasteiger partial charge on any atom is -0.297 e. The quantitative estimate of drug-likeness (QED) is 0.782. The third-order valence-corrected chi connectivity index (χ3v) is 3.93. The molecule has 2 heterocycles. The zero-order valence-electron chi connectivity index (χ0n) is 12.6. The highest BCUT2D eigenvalue weighted by Crippen LogP contribution is 2.26. The van der Waals surface area contributed by atoms with Crippen LogP contribution in [-0.2, 0) is 6.42 Å². The molecule has 0 saturated carbocycles. The molecule has 3 rings (SSSR count). The van der Waals surface area contributed by atoms with E-state index in [1.807, 2.05) is 6.92 Å². The largest absolute Gasteiger partial charge is 0.297 e. The number of aryl methyl sites for hydroxylation is 1. The number of nitrogens with zero attached hydrogens (tertiary/aromatic N) is 3. The highest BCUT2D eigenvalue weighted by atomic mass is 32.1. The number of carbonyl (C=O) groups excluding carboxylic acids is 1. The van der Waals surface area contributed by atoms with E-state index in [4.69, 9.17) is 0 Å². The average molecular weight is 346 g/mol. The van der Waals surface area contributed by atoms with E-state index < -0.39 is 17.5 Å². The molecule has 0 unspecified atom stereocenters. The van der Waals surface area contributed by atoms with Crippen molar-refractivity contribution >= 4 is 22.6 Å². The Hall–Kier alpha value is -2.74. The summed E-state index contributed by atoms with van der Waals surface area (Å²) in [5.41, 5.74) is 0.763. The highest BCUT2D eigenvalue weighted by molar-refractivity contribution is 7.10. The second kappa shape index (κ2) is 6.79. The third-order valence-electron chi connectivity index (χ3n) is 3.30. The number of nitrogens with one attached hydrogen (secondary N) is 1. The van der Waals surface area contributed by atoms with Crippen molar-refractivity contribution in [2.45, 2.75) is 13.3 Å². The molecule has 1 N–H and O–H groups in total. The molecule has 2 aromatic heterocycles. The van der Waals surface area contributed by atoms with Gasteiger partial charge in [0.1, 0.15) is 11.6 Å². The molecular formula is C16H12F2N4OS. The number of anilines is 1. The van der Waals surface area contributed by atoms with Crippen LogP contribution in [0, 0.1) is 11.6 Å². The normalized spacial score (nSPS) is 10.6. The topological polar surface area (TPSA) is 67.8 Å². The van der Waals surface area contributed by atoms with Crippen LogP contribution in [0.3, 0.4) is 0 Å². The molecule has 8 heteroatoms. The van der Waals surface area contributed by atoms with Crippen LogP contribution in [0.2, 0.25) is 0 Å². The van der Waals surface area contributed by atoms with Gasteiger partial charge < -0.3 is 0 Å². The Kier molecular flexibility index (Phi) is 4.57. The first kappa shape index (κ1) is 16.1. The maximum absolute atomic E-state index is 13.8. The van der Waals surface area contributed by atoms with E-state index in [1.54, 1.807) is 18.3 Å². The molecule has 1 aromatic carbocycles. The van der Waals surface area contributed by atoms with Crippen LogP contribution in [0.5, 0.6) is 0 Å². The number of hydrogen-bond donors (Lipinski definition) is 1. The van der Waals surface area contributed by atoms with Gasteiger partial charge in [0.25, 0.3) is 5.91 Å². The van der Waals surface area contributed by atoms with Crippen molar-refractivity contribution in [1.29, 1.82) is 0 Å². The summed E-state index contributed by atoms with van der Waals surface area (Å²) in [6, 6.07) is 6.83. The molecule has 0 aliphatic heterocycles. The molecule has 0 fully saturated rings. The first-order chi connectivity index (χ1) is 11.6. The van der Waals surface area contributed by atoms with Crippen molar-refractivity contribution < 1.29 is 13.6 Å². The Balaban J connectivity index is 1.85. The SMILES string of the molecule is CCc1ncccc1C(=O)Nc1nc(-c2c(F)cccc2F)ns1. The van der Waals surface area contributed by atoms with Crippen LogP contribution in [0.15, 0.2) is 36.5 Å². The van der Waals surface area contributed by atoms with Crippen molar-refractivity contribution in [3.63, 3.8) is 0 Å². The molecule has 1 amide bonds. The Bertz CT molecular complexity index is 877. The van der Waals surface area contributed by atoms with Crippen molar-refractivity contribution in [3.05, 3.63) is 59.4 Å². The minimum atomic E-state index is -0.758. The molecule has 0 atom stereocenters. The zero-order valence-corrected chi connectivity index (χ0v) is 13.4. The van der Waals surface area contributed by atoms with Crippen molar-refractivity contribution in [2.75, 3.05) is 5.32 Å². The predicted molar refractivity (Wildman–Crippen MR) is 86.8 cm³/mol. The summed E-state index contributed by atoms with van der Waals surface area (Å²) in [6.45, 7) is 1.89. The fourth-order valence-electron chi connectivity index (χ4n) is 2.18. The van der Waals surface area contributed by atoms with Gasteiger partial charge in [-0.05, 0) is 30.7 Å². The predicted octanol–water partition coefficient (Wildman–Crippen LogP) is 3.69. The summed E-state index contributed by atoms with van der Waals surface area (Å²) in [5, 5.41) is 2.74. The Morgan fingerprint density at radius 2 is 1.96 bits per heavy atom. The smallest absolute Gasteiger partial charge is 0.259 e. The third kappa shape index (κ3) is 3.13. The van der Waals surface area contributed by atoms with Crippen LogP contribution >= 0.6 is 11.5 Å². The summed E-state index contributed by atoms with van der Waals surface area (Å²) in [4.78, 5) is 20.5. The first-order valence-electron chi connectivity index (χ1n) is 7.13. The molecule has 0 aliphatic rings. The van der Waals surface area contributed by atoms with Gasteiger partial charge in [0.15, 0.2) is 5.82 Å². The van der Waals surface area contributed by atoms with Gasteiger partial charge in [-0.1, -0.05) is 13.0 Å². The van der Waals surface area contributed by atoms with E-state index in [2.05, 4.69) is 19.7 Å². The molecule has 3 aromatic rings. The van der Waals surface area contributed by atoms with Crippen LogP contribution in [-0.4, -0.2) is 20.2 Å². The number of rotatable bonds is 4. The van der Waals surface area contributed by atoms with Crippen molar-refractivity contribution in [1.82, 2.24) is 14.3 Å². The molecule has 0 aliphatic carbocycles. The molecular weight excluding hydrogens is 334 g/mol. The fraction of sp³-hybridized carbons (Fsp3) is 0.125. The first-order valence-corrected chi connectivity index (χ1v) is 7.90. The van der Waals surface area contributed by atoms with E-state index in [-0.39, 0.29) is 16.5 Å². The van der Waals surface area contributed by atoms with Crippen molar-refractivity contribution in [3.8, 4) is 11.4 Å².